The number of nitrogens with one attached hydrogen (secondary N) is 1. The van der Waals surface area contributed by atoms with Gasteiger partial charge in [-0.3, -0.25) is 4.99 Å². The molecule has 25 heavy (non-hydrogen) atoms. The maximum absolute atomic E-state index is 6.14. The van der Waals surface area contributed by atoms with Crippen LogP contribution in [0.1, 0.15) is 51.9 Å². The summed E-state index contributed by atoms with van der Waals surface area (Å²) in [6, 6.07) is 0. The lowest BCUT2D eigenvalue weighted by molar-refractivity contribution is 0.0765. The van der Waals surface area contributed by atoms with E-state index in [9.17, 15) is 0 Å². The van der Waals surface area contributed by atoms with Crippen LogP contribution in [0, 0.1) is 11.8 Å². The minimum Gasteiger partial charge on any atom is -0.374 e. The topological polar surface area (TPSA) is 40.1 Å². The van der Waals surface area contributed by atoms with Crippen molar-refractivity contribution in [1.82, 2.24) is 15.1 Å². The molecule has 4 fully saturated rings. The Hall–Kier alpha value is -0.810. The minimum atomic E-state index is 0.261. The minimum absolute atomic E-state index is 0.261. The van der Waals surface area contributed by atoms with Gasteiger partial charge in [0.1, 0.15) is 0 Å². The zero-order valence-electron chi connectivity index (χ0n) is 16.3. The van der Waals surface area contributed by atoms with Gasteiger partial charge in [-0.2, -0.15) is 0 Å². The van der Waals surface area contributed by atoms with Crippen molar-refractivity contribution in [1.29, 1.82) is 0 Å². The second-order valence-electron chi connectivity index (χ2n) is 8.87. The van der Waals surface area contributed by atoms with Gasteiger partial charge in [0, 0.05) is 37.0 Å². The summed E-state index contributed by atoms with van der Waals surface area (Å²) in [5, 5.41) is 3.58. The summed E-state index contributed by atoms with van der Waals surface area (Å²) in [4.78, 5) is 10.1. The summed E-state index contributed by atoms with van der Waals surface area (Å²) in [6.07, 6.45) is 10.2. The lowest BCUT2D eigenvalue weighted by Crippen LogP contribution is -2.50. The summed E-state index contributed by atoms with van der Waals surface area (Å²) in [5.74, 6) is 2.61. The number of rotatable bonds is 4. The molecule has 1 aliphatic carbocycles. The monoisotopic (exact) mass is 348 g/mol. The van der Waals surface area contributed by atoms with Gasteiger partial charge in [0.25, 0.3) is 0 Å². The van der Waals surface area contributed by atoms with E-state index in [2.05, 4.69) is 36.1 Å². The number of hydrogen-bond donors (Lipinski definition) is 1. The number of likely N-dealkylation sites (tertiary alicyclic amines) is 1. The Morgan fingerprint density at radius 3 is 2.32 bits per heavy atom. The summed E-state index contributed by atoms with van der Waals surface area (Å²) in [5.41, 5.74) is 0.261. The highest BCUT2D eigenvalue weighted by Gasteiger charge is 2.53. The van der Waals surface area contributed by atoms with Crippen molar-refractivity contribution in [2.24, 2.45) is 16.8 Å². The van der Waals surface area contributed by atoms with Crippen LogP contribution in [0.25, 0.3) is 0 Å². The molecule has 0 amide bonds. The molecule has 4 aliphatic rings. The Morgan fingerprint density at radius 2 is 1.76 bits per heavy atom. The van der Waals surface area contributed by atoms with E-state index in [1.54, 1.807) is 0 Å². The second-order valence-corrected chi connectivity index (χ2v) is 8.87. The van der Waals surface area contributed by atoms with Crippen LogP contribution in [0.4, 0.5) is 0 Å². The van der Waals surface area contributed by atoms with Gasteiger partial charge in [-0.1, -0.05) is 19.3 Å². The van der Waals surface area contributed by atoms with E-state index >= 15 is 0 Å². The Kier molecular flexibility index (Phi) is 4.98. The first-order valence-corrected chi connectivity index (χ1v) is 10.5. The molecule has 4 rings (SSSR count). The smallest absolute Gasteiger partial charge is 0.194 e. The quantitative estimate of drug-likeness (QED) is 0.625. The first-order chi connectivity index (χ1) is 12.1. The molecule has 142 valence electrons. The molecule has 3 aliphatic heterocycles. The highest BCUT2D eigenvalue weighted by Crippen LogP contribution is 2.47. The molecule has 4 unspecified atom stereocenters. The Labute approximate surface area is 153 Å². The number of guanidine groups is 1. The van der Waals surface area contributed by atoms with Crippen LogP contribution in [0.15, 0.2) is 4.99 Å². The average Bonchev–Trinajstić information content (AvgIpc) is 3.31. The first kappa shape index (κ1) is 17.6. The summed E-state index contributed by atoms with van der Waals surface area (Å²) in [6.45, 7) is 6.32. The van der Waals surface area contributed by atoms with E-state index in [0.717, 1.165) is 44.0 Å². The lowest BCUT2D eigenvalue weighted by atomic mass is 9.81. The van der Waals surface area contributed by atoms with Crippen molar-refractivity contribution >= 4 is 5.96 Å². The molecule has 5 nitrogen and oxygen atoms in total. The van der Waals surface area contributed by atoms with E-state index < -0.39 is 0 Å². The van der Waals surface area contributed by atoms with E-state index in [0.29, 0.717) is 12.2 Å². The third kappa shape index (κ3) is 3.18. The predicted octanol–water partition coefficient (Wildman–Crippen LogP) is 2.33. The number of fused-ring (bicyclic) bond motifs is 5. The summed E-state index contributed by atoms with van der Waals surface area (Å²) in [7, 11) is 4.48. The molecule has 1 N–H and O–H groups in total. The van der Waals surface area contributed by atoms with Gasteiger partial charge in [0.15, 0.2) is 5.96 Å². The Balaban J connectivity index is 1.46. The maximum atomic E-state index is 6.14. The van der Waals surface area contributed by atoms with Crippen molar-refractivity contribution in [3.05, 3.63) is 0 Å². The third-order valence-corrected chi connectivity index (χ3v) is 7.34. The van der Waals surface area contributed by atoms with E-state index in [1.165, 1.54) is 44.9 Å². The van der Waals surface area contributed by atoms with Gasteiger partial charge < -0.3 is 19.9 Å². The number of ether oxygens (including phenoxy) is 1. The molecule has 2 bridgehead atoms. The second kappa shape index (κ2) is 7.07. The van der Waals surface area contributed by atoms with Crippen molar-refractivity contribution in [2.75, 3.05) is 40.3 Å². The Bertz CT molecular complexity index is 482. The van der Waals surface area contributed by atoms with Crippen LogP contribution in [0.3, 0.4) is 0 Å². The molecule has 0 aromatic heterocycles. The molecule has 3 saturated heterocycles. The van der Waals surface area contributed by atoms with E-state index in [-0.39, 0.29) is 5.54 Å². The molecule has 0 aromatic carbocycles. The molecule has 0 spiro atoms. The SMILES string of the molecule is CCNC(=NCC1(N(C)C)CCCCC1)N1CC2C3CCC(O3)C2C1. The third-order valence-electron chi connectivity index (χ3n) is 7.34. The highest BCUT2D eigenvalue weighted by atomic mass is 16.5. The Morgan fingerprint density at radius 1 is 1.12 bits per heavy atom. The van der Waals surface area contributed by atoms with Crippen LogP contribution in [0.5, 0.6) is 0 Å². The lowest BCUT2D eigenvalue weighted by Gasteiger charge is -2.42. The predicted molar refractivity (Wildman–Crippen MR) is 102 cm³/mol. The van der Waals surface area contributed by atoms with E-state index in [1.807, 2.05) is 0 Å². The van der Waals surface area contributed by atoms with Gasteiger partial charge in [0.05, 0.1) is 18.8 Å². The average molecular weight is 349 g/mol. The van der Waals surface area contributed by atoms with Crippen LogP contribution in [0.2, 0.25) is 0 Å². The van der Waals surface area contributed by atoms with Gasteiger partial charge in [0.2, 0.25) is 0 Å². The summed E-state index contributed by atoms with van der Waals surface area (Å²) >= 11 is 0. The number of hydrogen-bond acceptors (Lipinski definition) is 3. The fourth-order valence-electron chi connectivity index (χ4n) is 5.74. The molecule has 5 heteroatoms. The van der Waals surface area contributed by atoms with Crippen LogP contribution >= 0.6 is 0 Å². The summed E-state index contributed by atoms with van der Waals surface area (Å²) < 4.78 is 6.14. The normalized spacial score (nSPS) is 37.0. The van der Waals surface area contributed by atoms with Crippen molar-refractivity contribution in [3.8, 4) is 0 Å². The molecule has 3 heterocycles. The highest BCUT2D eigenvalue weighted by molar-refractivity contribution is 5.80. The molecule has 0 aromatic rings. The van der Waals surface area contributed by atoms with Crippen LogP contribution in [-0.4, -0.2) is 73.8 Å². The van der Waals surface area contributed by atoms with E-state index in [4.69, 9.17) is 9.73 Å². The van der Waals surface area contributed by atoms with Gasteiger partial charge in [-0.05, 0) is 46.7 Å². The zero-order valence-corrected chi connectivity index (χ0v) is 16.3. The number of nitrogens with zero attached hydrogens (tertiary/aromatic N) is 3. The first-order valence-electron chi connectivity index (χ1n) is 10.5. The number of likely N-dealkylation sites (N-methyl/N-ethyl adjacent to an activating group) is 1. The number of aliphatic imine (C=N–C) groups is 1. The van der Waals surface area contributed by atoms with Crippen molar-refractivity contribution in [3.63, 3.8) is 0 Å². The van der Waals surface area contributed by atoms with Crippen molar-refractivity contribution in [2.45, 2.75) is 69.6 Å². The molecule has 0 radical (unpaired) electrons. The standard InChI is InChI=1S/C20H36N4O/c1-4-21-19(22-14-20(23(2)3)10-6-5-7-11-20)24-12-15-16(13-24)18-9-8-17(15)25-18/h15-18H,4-14H2,1-3H3,(H,21,22). The van der Waals surface area contributed by atoms with Gasteiger partial charge in [-0.15, -0.1) is 0 Å². The van der Waals surface area contributed by atoms with Crippen molar-refractivity contribution < 1.29 is 4.74 Å². The van der Waals surface area contributed by atoms with Crippen LogP contribution in [-0.2, 0) is 4.74 Å². The zero-order chi connectivity index (χ0) is 17.4. The van der Waals surface area contributed by atoms with Gasteiger partial charge >= 0.3 is 0 Å². The molecular formula is C20H36N4O. The van der Waals surface area contributed by atoms with Gasteiger partial charge in [-0.25, -0.2) is 0 Å². The molecule has 4 atom stereocenters. The molecular weight excluding hydrogens is 312 g/mol. The van der Waals surface area contributed by atoms with Crippen LogP contribution < -0.4 is 5.32 Å². The fourth-order valence-corrected chi connectivity index (χ4v) is 5.74. The maximum Gasteiger partial charge on any atom is 0.194 e. The molecule has 1 saturated carbocycles. The largest absolute Gasteiger partial charge is 0.374 e. The fraction of sp³-hybridized carbons (Fsp3) is 0.950.